The van der Waals surface area contributed by atoms with Crippen molar-refractivity contribution in [3.05, 3.63) is 84.7 Å². The summed E-state index contributed by atoms with van der Waals surface area (Å²) in [4.78, 5) is 4.53. The van der Waals surface area contributed by atoms with Crippen LogP contribution in [0.2, 0.25) is 0 Å². The lowest BCUT2D eigenvalue weighted by Gasteiger charge is -2.30. The quantitative estimate of drug-likeness (QED) is 0.659. The van der Waals surface area contributed by atoms with Gasteiger partial charge in [0.2, 0.25) is 0 Å². The van der Waals surface area contributed by atoms with Gasteiger partial charge in [-0.2, -0.15) is 0 Å². The first-order valence-electron chi connectivity index (χ1n) is 8.18. The highest BCUT2D eigenvalue weighted by Crippen LogP contribution is 2.32. The van der Waals surface area contributed by atoms with Crippen molar-refractivity contribution in [2.75, 3.05) is 11.4 Å². The summed E-state index contributed by atoms with van der Waals surface area (Å²) in [6, 6.07) is 20.4. The number of pyridine rings is 1. The third kappa shape index (κ3) is 3.55. The van der Waals surface area contributed by atoms with Crippen molar-refractivity contribution < 1.29 is 13.2 Å². The highest BCUT2D eigenvalue weighted by atomic mass is 32.2. The topological polar surface area (TPSA) is 59.5 Å². The fourth-order valence-corrected chi connectivity index (χ4v) is 4.38. The number of rotatable bonds is 6. The van der Waals surface area contributed by atoms with E-state index in [0.29, 0.717) is 17.1 Å². The third-order valence-electron chi connectivity index (χ3n) is 4.09. The molecule has 134 valence electrons. The minimum atomic E-state index is -3.79. The minimum absolute atomic E-state index is 0.199. The summed E-state index contributed by atoms with van der Waals surface area (Å²) in [7, 11) is -2.24. The number of anilines is 1. The van der Waals surface area contributed by atoms with Crippen LogP contribution in [0, 0.1) is 0 Å². The lowest BCUT2D eigenvalue weighted by Crippen LogP contribution is -2.34. The maximum atomic E-state index is 13.4. The van der Waals surface area contributed by atoms with Crippen molar-refractivity contribution in [3.8, 4) is 5.75 Å². The Morgan fingerprint density at radius 3 is 2.15 bits per heavy atom. The fourth-order valence-electron chi connectivity index (χ4n) is 2.75. The maximum Gasteiger partial charge on any atom is 0.264 e. The number of hydrogen-bond donors (Lipinski definition) is 0. The molecule has 5 nitrogen and oxygen atoms in total. The van der Waals surface area contributed by atoms with Gasteiger partial charge in [0.15, 0.2) is 0 Å². The van der Waals surface area contributed by atoms with Crippen molar-refractivity contribution >= 4 is 15.7 Å². The Kier molecular flexibility index (Phi) is 5.23. The molecule has 1 atom stereocenters. The van der Waals surface area contributed by atoms with Crippen LogP contribution in [-0.2, 0) is 10.0 Å². The first-order chi connectivity index (χ1) is 12.5. The Hall–Kier alpha value is -2.86. The van der Waals surface area contributed by atoms with Gasteiger partial charge in [0.1, 0.15) is 5.75 Å². The smallest absolute Gasteiger partial charge is 0.264 e. The molecule has 0 saturated carbocycles. The molecule has 0 saturated heterocycles. The first kappa shape index (κ1) is 17.9. The average Bonchev–Trinajstić information content (AvgIpc) is 2.69. The largest absolute Gasteiger partial charge is 0.497 e. The van der Waals surface area contributed by atoms with Crippen molar-refractivity contribution in [1.82, 2.24) is 4.98 Å². The third-order valence-corrected chi connectivity index (χ3v) is 6.01. The molecule has 0 N–H and O–H groups in total. The number of benzene rings is 2. The van der Waals surface area contributed by atoms with Crippen LogP contribution >= 0.6 is 0 Å². The van der Waals surface area contributed by atoms with Crippen LogP contribution in [-0.4, -0.2) is 20.5 Å². The van der Waals surface area contributed by atoms with Gasteiger partial charge >= 0.3 is 0 Å². The second-order valence-corrected chi connectivity index (χ2v) is 7.56. The van der Waals surface area contributed by atoms with E-state index in [9.17, 15) is 8.42 Å². The molecule has 3 aromatic rings. The maximum absolute atomic E-state index is 13.4. The first-order valence-corrected chi connectivity index (χ1v) is 9.62. The zero-order valence-electron chi connectivity index (χ0n) is 14.6. The SMILES string of the molecule is COc1ccc(S(=O)(=O)N(c2ccccc2)C(C)c2ccccn2)cc1. The number of ether oxygens (including phenoxy) is 1. The van der Waals surface area contributed by atoms with E-state index in [1.165, 1.54) is 4.31 Å². The lowest BCUT2D eigenvalue weighted by molar-refractivity contribution is 0.414. The average molecular weight is 368 g/mol. The van der Waals surface area contributed by atoms with Gasteiger partial charge in [-0.05, 0) is 55.5 Å². The summed E-state index contributed by atoms with van der Waals surface area (Å²) in [6.07, 6.45) is 1.66. The summed E-state index contributed by atoms with van der Waals surface area (Å²) in [5.41, 5.74) is 1.26. The van der Waals surface area contributed by atoms with Crippen molar-refractivity contribution in [2.24, 2.45) is 0 Å². The second-order valence-electron chi connectivity index (χ2n) is 5.74. The van der Waals surface area contributed by atoms with Crippen LogP contribution in [0.25, 0.3) is 0 Å². The van der Waals surface area contributed by atoms with Crippen LogP contribution in [0.3, 0.4) is 0 Å². The van der Waals surface area contributed by atoms with E-state index in [2.05, 4.69) is 4.98 Å². The van der Waals surface area contributed by atoms with E-state index >= 15 is 0 Å². The van der Waals surface area contributed by atoms with Crippen molar-refractivity contribution in [3.63, 3.8) is 0 Å². The molecule has 1 aromatic heterocycles. The van der Waals surface area contributed by atoms with Gasteiger partial charge in [-0.25, -0.2) is 8.42 Å². The van der Waals surface area contributed by atoms with Crippen LogP contribution in [0.15, 0.2) is 83.9 Å². The summed E-state index contributed by atoms with van der Waals surface area (Å²) >= 11 is 0. The molecule has 6 heteroatoms. The Balaban J connectivity index is 2.10. The fraction of sp³-hybridized carbons (Fsp3) is 0.150. The molecule has 0 bridgehead atoms. The van der Waals surface area contributed by atoms with Crippen molar-refractivity contribution in [2.45, 2.75) is 17.9 Å². The van der Waals surface area contributed by atoms with Gasteiger partial charge in [-0.3, -0.25) is 9.29 Å². The zero-order chi connectivity index (χ0) is 18.6. The monoisotopic (exact) mass is 368 g/mol. The van der Waals surface area contributed by atoms with Crippen LogP contribution in [0.4, 0.5) is 5.69 Å². The summed E-state index contributed by atoms with van der Waals surface area (Å²) in [6.45, 7) is 1.83. The standard InChI is InChI=1S/C20H20N2O3S/c1-16(20-10-6-7-15-21-20)22(17-8-4-3-5-9-17)26(23,24)19-13-11-18(25-2)12-14-19/h3-16H,1-2H3. The van der Waals surface area contributed by atoms with Gasteiger partial charge < -0.3 is 4.74 Å². The molecular formula is C20H20N2O3S. The molecule has 1 unspecified atom stereocenters. The highest BCUT2D eigenvalue weighted by Gasteiger charge is 2.30. The van der Waals surface area contributed by atoms with Gasteiger partial charge in [-0.1, -0.05) is 24.3 Å². The van der Waals surface area contributed by atoms with E-state index in [1.54, 1.807) is 55.8 Å². The molecule has 0 aliphatic heterocycles. The number of nitrogens with zero attached hydrogens (tertiary/aromatic N) is 2. The van der Waals surface area contributed by atoms with Gasteiger partial charge in [-0.15, -0.1) is 0 Å². The summed E-state index contributed by atoms with van der Waals surface area (Å²) in [5.74, 6) is 0.605. The minimum Gasteiger partial charge on any atom is -0.497 e. The molecule has 0 fully saturated rings. The molecule has 3 rings (SSSR count). The highest BCUT2D eigenvalue weighted by molar-refractivity contribution is 7.92. The predicted molar refractivity (Wildman–Crippen MR) is 102 cm³/mol. The molecule has 0 radical (unpaired) electrons. The number of sulfonamides is 1. The molecule has 0 amide bonds. The van der Waals surface area contributed by atoms with E-state index < -0.39 is 16.1 Å². The van der Waals surface area contributed by atoms with Gasteiger partial charge in [0, 0.05) is 6.20 Å². The van der Waals surface area contributed by atoms with Crippen LogP contribution < -0.4 is 9.04 Å². The number of aromatic nitrogens is 1. The zero-order valence-corrected chi connectivity index (χ0v) is 15.4. The van der Waals surface area contributed by atoms with Crippen LogP contribution in [0.5, 0.6) is 5.75 Å². The predicted octanol–water partition coefficient (Wildman–Crippen LogP) is 4.05. The van der Waals surface area contributed by atoms with E-state index in [1.807, 2.05) is 37.3 Å². The molecular weight excluding hydrogens is 348 g/mol. The Bertz CT molecular complexity index is 943. The van der Waals surface area contributed by atoms with Gasteiger partial charge in [0.05, 0.1) is 29.4 Å². The molecule has 0 aliphatic rings. The Morgan fingerprint density at radius 1 is 0.923 bits per heavy atom. The number of hydrogen-bond acceptors (Lipinski definition) is 4. The van der Waals surface area contributed by atoms with E-state index in [0.717, 1.165) is 0 Å². The summed E-state index contributed by atoms with van der Waals surface area (Å²) < 4.78 is 33.3. The molecule has 26 heavy (non-hydrogen) atoms. The van der Waals surface area contributed by atoms with E-state index in [-0.39, 0.29) is 4.90 Å². The molecule has 0 spiro atoms. The molecule has 2 aromatic carbocycles. The van der Waals surface area contributed by atoms with Gasteiger partial charge in [0.25, 0.3) is 10.0 Å². The molecule has 0 aliphatic carbocycles. The Labute approximate surface area is 153 Å². The van der Waals surface area contributed by atoms with Crippen molar-refractivity contribution in [1.29, 1.82) is 0 Å². The molecule has 1 heterocycles. The van der Waals surface area contributed by atoms with Crippen LogP contribution in [0.1, 0.15) is 18.7 Å². The lowest BCUT2D eigenvalue weighted by atomic mass is 10.2. The summed E-state index contributed by atoms with van der Waals surface area (Å²) in [5, 5.41) is 0. The van der Waals surface area contributed by atoms with E-state index in [4.69, 9.17) is 4.74 Å². The normalized spacial score (nSPS) is 12.4. The number of para-hydroxylation sites is 1. The Morgan fingerprint density at radius 2 is 1.58 bits per heavy atom. The second kappa shape index (κ2) is 7.58. The number of methoxy groups -OCH3 is 1.